The number of carbonyl (C=O) groups is 1. The van der Waals surface area contributed by atoms with Crippen LogP contribution in [0.25, 0.3) is 0 Å². The number of benzene rings is 1. The van der Waals surface area contributed by atoms with Gasteiger partial charge in [0.15, 0.2) is 0 Å². The van der Waals surface area contributed by atoms with Gasteiger partial charge in [-0.1, -0.05) is 34.5 Å². The first-order valence-electron chi connectivity index (χ1n) is 9.72. The van der Waals surface area contributed by atoms with Crippen molar-refractivity contribution in [3.63, 3.8) is 0 Å². The average Bonchev–Trinajstić information content (AvgIpc) is 2.68. The molecule has 142 valence electrons. The third-order valence-electron chi connectivity index (χ3n) is 6.05. The van der Waals surface area contributed by atoms with Crippen LogP contribution in [0.3, 0.4) is 0 Å². The predicted octanol–water partition coefficient (Wildman–Crippen LogP) is 3.69. The Morgan fingerprint density at radius 3 is 2.56 bits per heavy atom. The number of halogens is 1. The largest absolute Gasteiger partial charge is 0.355 e. The van der Waals surface area contributed by atoms with E-state index in [1.165, 1.54) is 12.0 Å². The van der Waals surface area contributed by atoms with Crippen LogP contribution in [0.5, 0.6) is 0 Å². The van der Waals surface area contributed by atoms with Gasteiger partial charge in [0.1, 0.15) is 0 Å². The highest BCUT2D eigenvalue weighted by molar-refractivity contribution is 9.10. The second kappa shape index (κ2) is 7.97. The van der Waals surface area contributed by atoms with Crippen LogP contribution >= 0.6 is 15.9 Å². The fourth-order valence-electron chi connectivity index (χ4n) is 4.19. The van der Waals surface area contributed by atoms with Gasteiger partial charge in [-0.05, 0) is 49.4 Å². The smallest absolute Gasteiger partial charge is 0.225 e. The molecule has 0 bridgehead atoms. The zero-order chi connectivity index (χ0) is 18.7. The first-order valence-corrected chi connectivity index (χ1v) is 10.5. The molecule has 1 aliphatic heterocycles. The summed E-state index contributed by atoms with van der Waals surface area (Å²) in [7, 11) is 0. The standard InChI is InChI=1S/C21H25BrN4O/c22-18-5-1-4-17(14-18)21(8-2-9-21)15-25-19(27)16-6-12-26(13-7-16)20-23-10-3-11-24-20/h1,3-5,10-11,14,16H,2,6-9,12-13,15H2,(H,25,27). The van der Waals surface area contributed by atoms with Gasteiger partial charge in [0.2, 0.25) is 11.9 Å². The Hall–Kier alpha value is -1.95. The van der Waals surface area contributed by atoms with Crippen LogP contribution in [-0.2, 0) is 10.2 Å². The summed E-state index contributed by atoms with van der Waals surface area (Å²) in [5.74, 6) is 1.05. The van der Waals surface area contributed by atoms with Crippen molar-refractivity contribution in [2.45, 2.75) is 37.5 Å². The van der Waals surface area contributed by atoms with E-state index in [1.54, 1.807) is 12.4 Å². The van der Waals surface area contributed by atoms with Crippen molar-refractivity contribution in [1.82, 2.24) is 15.3 Å². The van der Waals surface area contributed by atoms with Gasteiger partial charge in [-0.2, -0.15) is 0 Å². The lowest BCUT2D eigenvalue weighted by molar-refractivity contribution is -0.126. The summed E-state index contributed by atoms with van der Waals surface area (Å²) in [4.78, 5) is 23.5. The molecule has 6 heteroatoms. The molecule has 0 unspecified atom stereocenters. The third-order valence-corrected chi connectivity index (χ3v) is 6.54. The molecule has 1 aliphatic carbocycles. The number of piperidine rings is 1. The van der Waals surface area contributed by atoms with Crippen LogP contribution in [0.15, 0.2) is 47.2 Å². The lowest BCUT2D eigenvalue weighted by atomic mass is 9.64. The van der Waals surface area contributed by atoms with Gasteiger partial charge >= 0.3 is 0 Å². The molecule has 5 nitrogen and oxygen atoms in total. The molecule has 1 saturated heterocycles. The molecule has 2 heterocycles. The summed E-state index contributed by atoms with van der Waals surface area (Å²) in [6.45, 7) is 2.40. The topological polar surface area (TPSA) is 58.1 Å². The number of nitrogens with one attached hydrogen (secondary N) is 1. The number of hydrogen-bond donors (Lipinski definition) is 1. The molecule has 2 fully saturated rings. The molecule has 4 rings (SSSR count). The van der Waals surface area contributed by atoms with E-state index < -0.39 is 0 Å². The quantitative estimate of drug-likeness (QED) is 0.788. The number of amides is 1. The summed E-state index contributed by atoms with van der Waals surface area (Å²) in [5.41, 5.74) is 1.44. The van der Waals surface area contributed by atoms with Gasteiger partial charge in [-0.15, -0.1) is 0 Å². The van der Waals surface area contributed by atoms with Crippen LogP contribution in [-0.4, -0.2) is 35.5 Å². The molecule has 1 saturated carbocycles. The SMILES string of the molecule is O=C(NCC1(c2cccc(Br)c2)CCC1)C1CCN(c2ncccn2)CC1. The van der Waals surface area contributed by atoms with Gasteiger partial charge < -0.3 is 10.2 Å². The van der Waals surface area contributed by atoms with Gasteiger partial charge in [0.05, 0.1) is 0 Å². The Labute approximate surface area is 168 Å². The summed E-state index contributed by atoms with van der Waals surface area (Å²) in [5, 5.41) is 3.26. The van der Waals surface area contributed by atoms with Crippen LogP contribution in [0.4, 0.5) is 5.95 Å². The summed E-state index contributed by atoms with van der Waals surface area (Å²) >= 11 is 3.57. The van der Waals surface area contributed by atoms with E-state index in [1.807, 2.05) is 6.07 Å². The minimum atomic E-state index is 0.0876. The Morgan fingerprint density at radius 1 is 1.19 bits per heavy atom. The van der Waals surface area contributed by atoms with Crippen molar-refractivity contribution in [1.29, 1.82) is 0 Å². The van der Waals surface area contributed by atoms with Crippen molar-refractivity contribution in [2.75, 3.05) is 24.5 Å². The van der Waals surface area contributed by atoms with E-state index in [4.69, 9.17) is 0 Å². The monoisotopic (exact) mass is 428 g/mol. The second-order valence-electron chi connectivity index (χ2n) is 7.67. The Morgan fingerprint density at radius 2 is 1.93 bits per heavy atom. The molecule has 1 amide bonds. The Balaban J connectivity index is 1.32. The average molecular weight is 429 g/mol. The lowest BCUT2D eigenvalue weighted by Gasteiger charge is -2.43. The molecule has 1 N–H and O–H groups in total. The van der Waals surface area contributed by atoms with Crippen molar-refractivity contribution in [3.8, 4) is 0 Å². The van der Waals surface area contributed by atoms with E-state index in [9.17, 15) is 4.79 Å². The summed E-state index contributed by atoms with van der Waals surface area (Å²) < 4.78 is 1.10. The maximum absolute atomic E-state index is 12.8. The van der Waals surface area contributed by atoms with Gasteiger partial charge in [-0.25, -0.2) is 9.97 Å². The Kier molecular flexibility index (Phi) is 5.43. The van der Waals surface area contributed by atoms with Crippen molar-refractivity contribution >= 4 is 27.8 Å². The van der Waals surface area contributed by atoms with E-state index in [0.717, 1.165) is 55.7 Å². The first-order chi connectivity index (χ1) is 13.2. The lowest BCUT2D eigenvalue weighted by Crippen LogP contribution is -2.48. The molecular formula is C21H25BrN4O. The van der Waals surface area contributed by atoms with Crippen LogP contribution < -0.4 is 10.2 Å². The zero-order valence-corrected chi connectivity index (χ0v) is 17.0. The normalized spacial score (nSPS) is 19.4. The minimum Gasteiger partial charge on any atom is -0.355 e. The third kappa shape index (κ3) is 4.00. The molecule has 1 aromatic heterocycles. The number of nitrogens with zero attached hydrogens (tertiary/aromatic N) is 3. The minimum absolute atomic E-state index is 0.0876. The highest BCUT2D eigenvalue weighted by Crippen LogP contribution is 2.43. The maximum atomic E-state index is 12.8. The number of rotatable bonds is 5. The maximum Gasteiger partial charge on any atom is 0.225 e. The number of aromatic nitrogens is 2. The molecule has 0 spiro atoms. The van der Waals surface area contributed by atoms with Crippen LogP contribution in [0.1, 0.15) is 37.7 Å². The zero-order valence-electron chi connectivity index (χ0n) is 15.4. The fraction of sp³-hybridized carbons (Fsp3) is 0.476. The predicted molar refractivity (Wildman–Crippen MR) is 110 cm³/mol. The number of anilines is 1. The van der Waals surface area contributed by atoms with E-state index >= 15 is 0 Å². The molecule has 1 aromatic carbocycles. The molecule has 27 heavy (non-hydrogen) atoms. The van der Waals surface area contributed by atoms with Crippen molar-refractivity contribution in [2.24, 2.45) is 5.92 Å². The van der Waals surface area contributed by atoms with Crippen molar-refractivity contribution in [3.05, 3.63) is 52.8 Å². The highest BCUT2D eigenvalue weighted by Gasteiger charge is 2.39. The molecule has 0 radical (unpaired) electrons. The van der Waals surface area contributed by atoms with Crippen LogP contribution in [0.2, 0.25) is 0 Å². The Bertz CT molecular complexity index is 786. The van der Waals surface area contributed by atoms with Gasteiger partial charge in [0.25, 0.3) is 0 Å². The summed E-state index contributed by atoms with van der Waals surface area (Å²) in [6, 6.07) is 10.4. The van der Waals surface area contributed by atoms with Crippen molar-refractivity contribution < 1.29 is 4.79 Å². The molecular weight excluding hydrogens is 404 g/mol. The first kappa shape index (κ1) is 18.4. The van der Waals surface area contributed by atoms with Crippen LogP contribution in [0, 0.1) is 5.92 Å². The fourth-order valence-corrected chi connectivity index (χ4v) is 4.59. The molecule has 2 aromatic rings. The van der Waals surface area contributed by atoms with E-state index in [-0.39, 0.29) is 17.2 Å². The molecule has 0 atom stereocenters. The number of carbonyl (C=O) groups excluding carboxylic acids is 1. The second-order valence-corrected chi connectivity index (χ2v) is 8.59. The van der Waals surface area contributed by atoms with E-state index in [2.05, 4.69) is 60.4 Å². The summed E-state index contributed by atoms with van der Waals surface area (Å²) in [6.07, 6.45) is 8.77. The number of hydrogen-bond acceptors (Lipinski definition) is 4. The van der Waals surface area contributed by atoms with Gasteiger partial charge in [0, 0.05) is 47.8 Å². The van der Waals surface area contributed by atoms with E-state index in [0.29, 0.717) is 0 Å². The van der Waals surface area contributed by atoms with Gasteiger partial charge in [-0.3, -0.25) is 4.79 Å². The molecule has 2 aliphatic rings. The highest BCUT2D eigenvalue weighted by atomic mass is 79.9.